The van der Waals surface area contributed by atoms with Crippen molar-refractivity contribution in [2.45, 2.75) is 13.0 Å². The molecule has 0 unspecified atom stereocenters. The van der Waals surface area contributed by atoms with Crippen LogP contribution in [0.2, 0.25) is 0 Å². The van der Waals surface area contributed by atoms with Gasteiger partial charge in [-0.1, -0.05) is 12.1 Å². The number of benzene rings is 2. The number of fused-ring (bicyclic) bond motifs is 1. The fourth-order valence-corrected chi connectivity index (χ4v) is 2.97. The number of carbonyl (C=O) groups is 1. The first-order valence-electron chi connectivity index (χ1n) is 7.44. The van der Waals surface area contributed by atoms with E-state index in [4.69, 9.17) is 0 Å². The van der Waals surface area contributed by atoms with Crippen LogP contribution in [0.1, 0.15) is 22.7 Å². The van der Waals surface area contributed by atoms with Crippen molar-refractivity contribution in [2.75, 3.05) is 6.54 Å². The van der Waals surface area contributed by atoms with Crippen molar-refractivity contribution in [3.05, 3.63) is 64.1 Å². The molecule has 3 aromatic rings. The zero-order valence-corrected chi connectivity index (χ0v) is 14.4. The molecule has 1 heterocycles. The number of para-hydroxylation sites is 2. The normalized spacial score (nSPS) is 11.2. The van der Waals surface area contributed by atoms with Gasteiger partial charge in [0.2, 0.25) is 0 Å². The summed E-state index contributed by atoms with van der Waals surface area (Å²) in [5, 5.41) is 2.59. The molecule has 0 saturated heterocycles. The molecule has 1 aromatic heterocycles. The van der Waals surface area contributed by atoms with E-state index in [9.17, 15) is 18.0 Å². The second-order valence-electron chi connectivity index (χ2n) is 5.29. The molecule has 1 N–H and O–H groups in total. The van der Waals surface area contributed by atoms with E-state index in [1.54, 1.807) is 24.3 Å². The number of hydrogen-bond donors (Lipinski definition) is 1. The molecule has 0 bridgehead atoms. The van der Waals surface area contributed by atoms with Crippen LogP contribution in [0.3, 0.4) is 0 Å². The Morgan fingerprint density at radius 3 is 2.76 bits per heavy atom. The highest BCUT2D eigenvalue weighted by atomic mass is 79.9. The van der Waals surface area contributed by atoms with Crippen molar-refractivity contribution in [3.63, 3.8) is 0 Å². The van der Waals surface area contributed by atoms with E-state index in [1.807, 2.05) is 0 Å². The van der Waals surface area contributed by atoms with Crippen LogP contribution in [0, 0.1) is 5.82 Å². The molecule has 0 spiro atoms. The van der Waals surface area contributed by atoms with Crippen LogP contribution < -0.4 is 5.32 Å². The molecule has 0 atom stereocenters. The molecule has 2 aromatic carbocycles. The lowest BCUT2D eigenvalue weighted by Crippen LogP contribution is -2.27. The van der Waals surface area contributed by atoms with Crippen LogP contribution in [0.5, 0.6) is 0 Å². The fourth-order valence-electron chi connectivity index (χ4n) is 2.54. The number of halogens is 4. The summed E-state index contributed by atoms with van der Waals surface area (Å²) in [6, 6.07) is 10.4. The highest BCUT2D eigenvalue weighted by molar-refractivity contribution is 9.10. The van der Waals surface area contributed by atoms with Crippen molar-refractivity contribution >= 4 is 32.9 Å². The smallest absolute Gasteiger partial charge is 0.320 e. The SMILES string of the molecule is O=C(NCCc1nc2ccccc2n1C(F)F)c1cc(F)ccc1Br. The summed E-state index contributed by atoms with van der Waals surface area (Å²) in [6.07, 6.45) is 0.123. The molecular formula is C17H13BrF3N3O. The molecule has 4 nitrogen and oxygen atoms in total. The number of nitrogens with zero attached hydrogens (tertiary/aromatic N) is 2. The second-order valence-corrected chi connectivity index (χ2v) is 6.15. The number of imidazole rings is 1. The average molecular weight is 412 g/mol. The zero-order valence-electron chi connectivity index (χ0n) is 12.8. The highest BCUT2D eigenvalue weighted by Gasteiger charge is 2.17. The van der Waals surface area contributed by atoms with Gasteiger partial charge in [-0.25, -0.2) is 9.37 Å². The third-order valence-corrected chi connectivity index (χ3v) is 4.36. The third-order valence-electron chi connectivity index (χ3n) is 3.67. The number of hydrogen-bond acceptors (Lipinski definition) is 2. The van der Waals surface area contributed by atoms with E-state index in [2.05, 4.69) is 26.2 Å². The summed E-state index contributed by atoms with van der Waals surface area (Å²) in [4.78, 5) is 16.3. The Balaban J connectivity index is 1.74. The lowest BCUT2D eigenvalue weighted by atomic mass is 10.2. The van der Waals surface area contributed by atoms with Crippen LogP contribution in [-0.2, 0) is 6.42 Å². The van der Waals surface area contributed by atoms with Gasteiger partial charge in [-0.2, -0.15) is 8.78 Å². The van der Waals surface area contributed by atoms with Crippen molar-refractivity contribution in [1.82, 2.24) is 14.9 Å². The standard InChI is InChI=1S/C17H13BrF3N3O/c18-12-6-5-10(19)9-11(12)16(25)22-8-7-15-23-13-3-1-2-4-14(13)24(15)17(20)21/h1-6,9,17H,7-8H2,(H,22,25). The first-order valence-corrected chi connectivity index (χ1v) is 8.24. The quantitative estimate of drug-likeness (QED) is 0.679. The highest BCUT2D eigenvalue weighted by Crippen LogP contribution is 2.23. The van der Waals surface area contributed by atoms with Crippen molar-refractivity contribution < 1.29 is 18.0 Å². The van der Waals surface area contributed by atoms with Crippen molar-refractivity contribution in [1.29, 1.82) is 0 Å². The molecule has 130 valence electrons. The van der Waals surface area contributed by atoms with Gasteiger partial charge in [0, 0.05) is 17.4 Å². The number of rotatable bonds is 5. The maximum atomic E-state index is 13.3. The van der Waals surface area contributed by atoms with E-state index in [1.165, 1.54) is 12.1 Å². The summed E-state index contributed by atoms with van der Waals surface area (Å²) < 4.78 is 41.2. The van der Waals surface area contributed by atoms with Gasteiger partial charge in [-0.05, 0) is 46.3 Å². The lowest BCUT2D eigenvalue weighted by Gasteiger charge is -2.09. The van der Waals surface area contributed by atoms with E-state index in [0.717, 1.165) is 10.6 Å². The molecule has 0 radical (unpaired) electrons. The van der Waals surface area contributed by atoms with Gasteiger partial charge in [0.25, 0.3) is 5.91 Å². The van der Waals surface area contributed by atoms with E-state index >= 15 is 0 Å². The van der Waals surface area contributed by atoms with Crippen LogP contribution in [0.15, 0.2) is 46.9 Å². The minimum absolute atomic E-state index is 0.0951. The van der Waals surface area contributed by atoms with Crippen LogP contribution in [0.25, 0.3) is 11.0 Å². The van der Waals surface area contributed by atoms with Gasteiger partial charge < -0.3 is 5.32 Å². The number of alkyl halides is 2. The molecular weight excluding hydrogens is 399 g/mol. The van der Waals surface area contributed by atoms with E-state index in [-0.39, 0.29) is 24.4 Å². The summed E-state index contributed by atoms with van der Waals surface area (Å²) in [5.74, 6) is -0.853. The number of amides is 1. The fraction of sp³-hybridized carbons (Fsp3) is 0.176. The Kier molecular flexibility index (Phi) is 5.08. The summed E-state index contributed by atoms with van der Waals surface area (Å²) in [6.45, 7) is -2.63. The molecule has 0 aliphatic rings. The Morgan fingerprint density at radius 2 is 2.00 bits per heavy atom. The van der Waals surface area contributed by atoms with E-state index < -0.39 is 18.3 Å². The Morgan fingerprint density at radius 1 is 1.24 bits per heavy atom. The van der Waals surface area contributed by atoms with Gasteiger partial charge in [-0.3, -0.25) is 9.36 Å². The van der Waals surface area contributed by atoms with Gasteiger partial charge in [0.05, 0.1) is 16.6 Å². The van der Waals surface area contributed by atoms with Crippen molar-refractivity contribution in [2.24, 2.45) is 0 Å². The Bertz CT molecular complexity index is 927. The third kappa shape index (κ3) is 3.68. The first kappa shape index (κ1) is 17.5. The Labute approximate surface area is 149 Å². The topological polar surface area (TPSA) is 46.9 Å². The molecule has 25 heavy (non-hydrogen) atoms. The van der Waals surface area contributed by atoms with Gasteiger partial charge in [-0.15, -0.1) is 0 Å². The molecule has 0 aliphatic carbocycles. The molecule has 0 saturated carbocycles. The minimum Gasteiger partial charge on any atom is -0.352 e. The number of carbonyl (C=O) groups excluding carboxylic acids is 1. The monoisotopic (exact) mass is 411 g/mol. The summed E-state index contributed by atoms with van der Waals surface area (Å²) >= 11 is 3.18. The second kappa shape index (κ2) is 7.26. The van der Waals surface area contributed by atoms with Gasteiger partial charge in [0.15, 0.2) is 0 Å². The van der Waals surface area contributed by atoms with E-state index in [0.29, 0.717) is 15.5 Å². The first-order chi connectivity index (χ1) is 12.0. The van der Waals surface area contributed by atoms with Crippen LogP contribution >= 0.6 is 15.9 Å². The molecule has 0 aliphatic heterocycles. The lowest BCUT2D eigenvalue weighted by molar-refractivity contribution is 0.0715. The maximum Gasteiger partial charge on any atom is 0.320 e. The van der Waals surface area contributed by atoms with Crippen LogP contribution in [-0.4, -0.2) is 22.0 Å². The van der Waals surface area contributed by atoms with Crippen LogP contribution in [0.4, 0.5) is 13.2 Å². The molecule has 1 amide bonds. The maximum absolute atomic E-state index is 13.3. The molecule has 0 fully saturated rings. The molecule has 8 heteroatoms. The largest absolute Gasteiger partial charge is 0.352 e. The number of nitrogens with one attached hydrogen (secondary N) is 1. The average Bonchev–Trinajstić information content (AvgIpc) is 2.95. The predicted molar refractivity (Wildman–Crippen MR) is 91.1 cm³/mol. The van der Waals surface area contributed by atoms with Gasteiger partial charge >= 0.3 is 6.55 Å². The Hall–Kier alpha value is -2.35. The van der Waals surface area contributed by atoms with Gasteiger partial charge in [0.1, 0.15) is 11.6 Å². The zero-order chi connectivity index (χ0) is 18.0. The van der Waals surface area contributed by atoms with Crippen molar-refractivity contribution in [3.8, 4) is 0 Å². The molecule has 3 rings (SSSR count). The number of aromatic nitrogens is 2. The minimum atomic E-state index is -2.73. The summed E-state index contributed by atoms with van der Waals surface area (Å²) in [7, 11) is 0. The summed E-state index contributed by atoms with van der Waals surface area (Å²) in [5.41, 5.74) is 0.950. The predicted octanol–water partition coefficient (Wildman–Crippen LogP) is 4.31.